The fourth-order valence-electron chi connectivity index (χ4n) is 1.01. The number of furan rings is 1. The molecule has 0 bridgehead atoms. The van der Waals surface area contributed by atoms with E-state index in [1.54, 1.807) is 18.7 Å². The van der Waals surface area contributed by atoms with E-state index in [0.717, 1.165) is 11.3 Å². The number of pyridine rings is 1. The Bertz CT molecular complexity index is 400. The van der Waals surface area contributed by atoms with Crippen LogP contribution in [0, 0.1) is 0 Å². The van der Waals surface area contributed by atoms with Crippen molar-refractivity contribution >= 4 is 15.9 Å². The predicted octanol–water partition coefficient (Wildman–Crippen LogP) is 3.02. The molecule has 0 saturated heterocycles. The van der Waals surface area contributed by atoms with Crippen molar-refractivity contribution in [1.82, 2.24) is 4.98 Å². The topological polar surface area (TPSA) is 35.3 Å². The maximum Gasteiger partial charge on any atom is 0.152 e. The zero-order chi connectivity index (χ0) is 9.80. The van der Waals surface area contributed by atoms with E-state index in [4.69, 9.17) is 9.15 Å². The van der Waals surface area contributed by atoms with Gasteiger partial charge in [-0.25, -0.2) is 4.98 Å². The van der Waals surface area contributed by atoms with Crippen LogP contribution in [0.1, 0.15) is 5.56 Å². The van der Waals surface area contributed by atoms with Crippen molar-refractivity contribution in [2.24, 2.45) is 0 Å². The van der Waals surface area contributed by atoms with E-state index in [9.17, 15) is 0 Å². The molecule has 2 aromatic rings. The molecule has 0 aliphatic carbocycles. The minimum atomic E-state index is 0.487. The second-order valence-corrected chi connectivity index (χ2v) is 3.46. The van der Waals surface area contributed by atoms with Crippen LogP contribution in [-0.4, -0.2) is 4.98 Å². The van der Waals surface area contributed by atoms with Crippen molar-refractivity contribution in [2.75, 3.05) is 0 Å². The van der Waals surface area contributed by atoms with Crippen LogP contribution in [0.3, 0.4) is 0 Å². The van der Waals surface area contributed by atoms with Gasteiger partial charge in [0.15, 0.2) is 5.75 Å². The highest BCUT2D eigenvalue weighted by Crippen LogP contribution is 2.22. The number of halogens is 1. The second kappa shape index (κ2) is 4.28. The Balaban J connectivity index is 2.02. The molecule has 0 amide bonds. The van der Waals surface area contributed by atoms with Gasteiger partial charge in [-0.3, -0.25) is 0 Å². The van der Waals surface area contributed by atoms with Crippen LogP contribution in [0.25, 0.3) is 0 Å². The lowest BCUT2D eigenvalue weighted by Crippen LogP contribution is -1.94. The first-order chi connectivity index (χ1) is 6.86. The van der Waals surface area contributed by atoms with Gasteiger partial charge in [-0.05, 0) is 34.1 Å². The first-order valence-corrected chi connectivity index (χ1v) is 4.90. The lowest BCUT2D eigenvalue weighted by atomic mass is 10.4. The van der Waals surface area contributed by atoms with Crippen LogP contribution >= 0.6 is 15.9 Å². The third kappa shape index (κ3) is 2.14. The van der Waals surface area contributed by atoms with Gasteiger partial charge in [-0.15, -0.1) is 0 Å². The number of nitrogens with zero attached hydrogens (tertiary/aromatic N) is 1. The van der Waals surface area contributed by atoms with E-state index in [1.165, 1.54) is 0 Å². The van der Waals surface area contributed by atoms with Gasteiger partial charge in [-0.1, -0.05) is 0 Å². The molecule has 2 heterocycles. The largest absolute Gasteiger partial charge is 0.486 e. The molecule has 0 atom stereocenters. The fraction of sp³-hybridized carbons (Fsp3) is 0.100. The van der Waals surface area contributed by atoms with E-state index in [0.29, 0.717) is 11.2 Å². The van der Waals surface area contributed by atoms with E-state index in [1.807, 2.05) is 18.2 Å². The van der Waals surface area contributed by atoms with Crippen molar-refractivity contribution in [3.8, 4) is 5.75 Å². The number of rotatable bonds is 3. The summed E-state index contributed by atoms with van der Waals surface area (Å²) >= 11 is 3.30. The summed E-state index contributed by atoms with van der Waals surface area (Å²) in [6.45, 7) is 0.487. The molecular formula is C10H8BrNO2. The lowest BCUT2D eigenvalue weighted by Gasteiger charge is -2.04. The van der Waals surface area contributed by atoms with Gasteiger partial charge in [0.05, 0.1) is 12.5 Å². The average Bonchev–Trinajstić information content (AvgIpc) is 2.69. The predicted molar refractivity (Wildman–Crippen MR) is 55.0 cm³/mol. The van der Waals surface area contributed by atoms with Crippen LogP contribution in [0.5, 0.6) is 5.75 Å². The lowest BCUT2D eigenvalue weighted by molar-refractivity contribution is 0.301. The van der Waals surface area contributed by atoms with Crippen LogP contribution in [0.4, 0.5) is 0 Å². The van der Waals surface area contributed by atoms with E-state index >= 15 is 0 Å². The van der Waals surface area contributed by atoms with Gasteiger partial charge >= 0.3 is 0 Å². The van der Waals surface area contributed by atoms with Crippen molar-refractivity contribution in [1.29, 1.82) is 0 Å². The summed E-state index contributed by atoms with van der Waals surface area (Å²) in [5.74, 6) is 0.730. The summed E-state index contributed by atoms with van der Waals surface area (Å²) in [4.78, 5) is 4.05. The number of aromatic nitrogens is 1. The minimum Gasteiger partial charge on any atom is -0.486 e. The average molecular weight is 254 g/mol. The van der Waals surface area contributed by atoms with Gasteiger partial charge in [0.25, 0.3) is 0 Å². The zero-order valence-electron chi connectivity index (χ0n) is 7.31. The number of ether oxygens (including phenoxy) is 1. The Labute approximate surface area is 89.8 Å². The molecule has 2 aromatic heterocycles. The van der Waals surface area contributed by atoms with Crippen molar-refractivity contribution in [3.05, 3.63) is 47.1 Å². The van der Waals surface area contributed by atoms with Gasteiger partial charge in [0.1, 0.15) is 11.2 Å². The van der Waals surface area contributed by atoms with Gasteiger partial charge < -0.3 is 9.15 Å². The Kier molecular flexibility index (Phi) is 2.84. The molecule has 0 radical (unpaired) electrons. The second-order valence-electron chi connectivity index (χ2n) is 2.71. The van der Waals surface area contributed by atoms with Crippen LogP contribution in [-0.2, 0) is 6.61 Å². The Morgan fingerprint density at radius 2 is 2.36 bits per heavy atom. The quantitative estimate of drug-likeness (QED) is 0.789. The highest BCUT2D eigenvalue weighted by atomic mass is 79.9. The standard InChI is InChI=1S/C10H8BrNO2/c11-10-9(2-1-4-12-10)14-7-8-3-5-13-6-8/h1-6H,7H2. The molecule has 0 aliphatic rings. The first-order valence-electron chi connectivity index (χ1n) is 4.10. The molecule has 0 spiro atoms. The maximum absolute atomic E-state index is 5.51. The molecule has 0 N–H and O–H groups in total. The van der Waals surface area contributed by atoms with Gasteiger partial charge in [0.2, 0.25) is 0 Å². The highest BCUT2D eigenvalue weighted by Gasteiger charge is 2.01. The summed E-state index contributed by atoms with van der Waals surface area (Å²) < 4.78 is 11.1. The van der Waals surface area contributed by atoms with Crippen molar-refractivity contribution < 1.29 is 9.15 Å². The van der Waals surface area contributed by atoms with E-state index in [2.05, 4.69) is 20.9 Å². The molecule has 0 aliphatic heterocycles. The number of hydrogen-bond donors (Lipinski definition) is 0. The summed E-state index contributed by atoms with van der Waals surface area (Å²) in [5, 5.41) is 0. The summed E-state index contributed by atoms with van der Waals surface area (Å²) in [6.07, 6.45) is 4.98. The molecule has 3 nitrogen and oxygen atoms in total. The molecule has 0 aromatic carbocycles. The molecular weight excluding hydrogens is 246 g/mol. The fourth-order valence-corrected chi connectivity index (χ4v) is 1.38. The number of hydrogen-bond acceptors (Lipinski definition) is 3. The Hall–Kier alpha value is -1.29. The third-order valence-corrected chi connectivity index (χ3v) is 2.29. The Morgan fingerprint density at radius 3 is 3.07 bits per heavy atom. The summed E-state index contributed by atoms with van der Waals surface area (Å²) in [7, 11) is 0. The highest BCUT2D eigenvalue weighted by molar-refractivity contribution is 9.10. The summed E-state index contributed by atoms with van der Waals surface area (Å²) in [5.41, 5.74) is 1.00. The monoisotopic (exact) mass is 253 g/mol. The smallest absolute Gasteiger partial charge is 0.152 e. The molecule has 72 valence electrons. The third-order valence-electron chi connectivity index (χ3n) is 1.70. The van der Waals surface area contributed by atoms with Crippen molar-refractivity contribution in [3.63, 3.8) is 0 Å². The molecule has 4 heteroatoms. The molecule has 0 unspecified atom stereocenters. The maximum atomic E-state index is 5.51. The van der Waals surface area contributed by atoms with Gasteiger partial charge in [0, 0.05) is 11.8 Å². The van der Waals surface area contributed by atoms with Crippen LogP contribution < -0.4 is 4.74 Å². The van der Waals surface area contributed by atoms with Gasteiger partial charge in [-0.2, -0.15) is 0 Å². The molecule has 2 rings (SSSR count). The van der Waals surface area contributed by atoms with E-state index in [-0.39, 0.29) is 0 Å². The minimum absolute atomic E-state index is 0.487. The summed E-state index contributed by atoms with van der Waals surface area (Å²) in [6, 6.07) is 5.55. The zero-order valence-corrected chi connectivity index (χ0v) is 8.90. The molecule has 14 heavy (non-hydrogen) atoms. The first kappa shape index (κ1) is 9.27. The van der Waals surface area contributed by atoms with Crippen molar-refractivity contribution in [2.45, 2.75) is 6.61 Å². The van der Waals surface area contributed by atoms with E-state index < -0.39 is 0 Å². The Morgan fingerprint density at radius 1 is 1.43 bits per heavy atom. The van der Waals surface area contributed by atoms with Crippen LogP contribution in [0.15, 0.2) is 45.9 Å². The van der Waals surface area contributed by atoms with Crippen LogP contribution in [0.2, 0.25) is 0 Å². The normalized spacial score (nSPS) is 10.1. The molecule has 0 fully saturated rings. The molecule has 0 saturated carbocycles. The SMILES string of the molecule is Brc1ncccc1OCc1ccoc1.